The normalized spacial score (nSPS) is 20.4. The molecule has 0 amide bonds. The number of carboxylic acid groups (broad SMARTS) is 1. The van der Waals surface area contributed by atoms with E-state index < -0.39 is 25.0 Å². The minimum Gasteiger partial charge on any atom is -0.476 e. The highest BCUT2D eigenvalue weighted by molar-refractivity contribution is 5.85. The molecule has 0 spiro atoms. The number of anilines is 1. The average Bonchev–Trinajstić information content (AvgIpc) is 3.17. The van der Waals surface area contributed by atoms with E-state index >= 15 is 0 Å². The minimum atomic E-state index is -2.74. The highest BCUT2D eigenvalue weighted by Gasteiger charge is 2.46. The van der Waals surface area contributed by atoms with E-state index in [-0.39, 0.29) is 17.4 Å². The van der Waals surface area contributed by atoms with Crippen molar-refractivity contribution in [2.75, 3.05) is 24.6 Å². The van der Waals surface area contributed by atoms with E-state index in [2.05, 4.69) is 9.97 Å². The predicted molar refractivity (Wildman–Crippen MR) is 64.4 cm³/mol. The maximum atomic E-state index is 12.9. The van der Waals surface area contributed by atoms with Crippen LogP contribution in [0.15, 0.2) is 6.20 Å². The molecular formula is C12H13F2N3O3. The molecule has 1 aliphatic carbocycles. The Kier molecular flexibility index (Phi) is 2.95. The Hall–Kier alpha value is -1.99. The van der Waals surface area contributed by atoms with Gasteiger partial charge in [-0.1, -0.05) is 0 Å². The van der Waals surface area contributed by atoms with Crippen molar-refractivity contribution < 1.29 is 23.4 Å². The van der Waals surface area contributed by atoms with Crippen LogP contribution >= 0.6 is 0 Å². The van der Waals surface area contributed by atoms with Crippen LogP contribution in [-0.2, 0) is 0 Å². The minimum absolute atomic E-state index is 0.0206. The third kappa shape index (κ3) is 2.63. The van der Waals surface area contributed by atoms with Crippen LogP contribution in [0.4, 0.5) is 14.6 Å². The summed E-state index contributed by atoms with van der Waals surface area (Å²) in [5.74, 6) is -3.32. The molecule has 8 heteroatoms. The third-order valence-electron chi connectivity index (χ3n) is 3.24. The lowest BCUT2D eigenvalue weighted by molar-refractivity contribution is -0.0270. The van der Waals surface area contributed by atoms with Gasteiger partial charge >= 0.3 is 5.97 Å². The van der Waals surface area contributed by atoms with Gasteiger partial charge in [0.25, 0.3) is 11.8 Å². The summed E-state index contributed by atoms with van der Waals surface area (Å²) in [6, 6.07) is 0. The van der Waals surface area contributed by atoms with E-state index in [1.54, 1.807) is 0 Å². The average molecular weight is 285 g/mol. The summed E-state index contributed by atoms with van der Waals surface area (Å²) in [5, 5.41) is 8.89. The van der Waals surface area contributed by atoms with Crippen LogP contribution in [0.25, 0.3) is 0 Å². The van der Waals surface area contributed by atoms with Crippen LogP contribution in [-0.4, -0.2) is 46.7 Å². The summed E-state index contributed by atoms with van der Waals surface area (Å²) in [7, 11) is 0. The number of rotatable bonds is 5. The number of nitrogens with zero attached hydrogens (tertiary/aromatic N) is 3. The third-order valence-corrected chi connectivity index (χ3v) is 3.24. The maximum absolute atomic E-state index is 12.9. The standard InChI is InChI=1S/C12H13F2N3O3/c13-12(14)5-17(6-12)9-10(20-4-7-1-2-7)16-8(3-15-9)11(18)19/h3,7H,1-2,4-6H2,(H,18,19). The zero-order valence-electron chi connectivity index (χ0n) is 10.6. The van der Waals surface area contributed by atoms with E-state index in [1.165, 1.54) is 4.90 Å². The quantitative estimate of drug-likeness (QED) is 0.881. The van der Waals surface area contributed by atoms with Gasteiger partial charge in [0, 0.05) is 0 Å². The fraction of sp³-hybridized carbons (Fsp3) is 0.583. The second kappa shape index (κ2) is 4.53. The zero-order valence-corrected chi connectivity index (χ0v) is 10.6. The molecule has 0 atom stereocenters. The van der Waals surface area contributed by atoms with Gasteiger partial charge in [0.1, 0.15) is 0 Å². The van der Waals surface area contributed by atoms with Crippen LogP contribution in [0.3, 0.4) is 0 Å². The largest absolute Gasteiger partial charge is 0.476 e. The van der Waals surface area contributed by atoms with Gasteiger partial charge in [-0.15, -0.1) is 0 Å². The van der Waals surface area contributed by atoms with Gasteiger partial charge in [0.05, 0.1) is 25.9 Å². The monoisotopic (exact) mass is 285 g/mol. The number of hydrogen-bond donors (Lipinski definition) is 1. The number of hydrogen-bond acceptors (Lipinski definition) is 5. The van der Waals surface area contributed by atoms with E-state index in [0.29, 0.717) is 12.5 Å². The smallest absolute Gasteiger partial charge is 0.356 e. The first-order valence-corrected chi connectivity index (χ1v) is 6.30. The Morgan fingerprint density at radius 1 is 1.50 bits per heavy atom. The number of aromatic nitrogens is 2. The first-order valence-electron chi connectivity index (χ1n) is 6.30. The van der Waals surface area contributed by atoms with Gasteiger partial charge in [-0.3, -0.25) is 0 Å². The molecule has 1 saturated heterocycles. The molecule has 1 saturated carbocycles. The number of carboxylic acids is 1. The van der Waals surface area contributed by atoms with Gasteiger partial charge in [0.15, 0.2) is 11.5 Å². The summed E-state index contributed by atoms with van der Waals surface area (Å²) in [5.41, 5.74) is -0.258. The summed E-state index contributed by atoms with van der Waals surface area (Å²) in [4.78, 5) is 20.0. The molecule has 0 aromatic carbocycles. The van der Waals surface area contributed by atoms with Crippen molar-refractivity contribution in [3.8, 4) is 5.88 Å². The Morgan fingerprint density at radius 3 is 2.75 bits per heavy atom. The van der Waals surface area contributed by atoms with Gasteiger partial charge < -0.3 is 14.7 Å². The second-order valence-corrected chi connectivity index (χ2v) is 5.16. The van der Waals surface area contributed by atoms with Gasteiger partial charge in [0.2, 0.25) is 0 Å². The highest BCUT2D eigenvalue weighted by atomic mass is 19.3. The molecule has 3 rings (SSSR count). The highest BCUT2D eigenvalue weighted by Crippen LogP contribution is 2.36. The number of aromatic carboxylic acids is 1. The molecule has 108 valence electrons. The van der Waals surface area contributed by atoms with Crippen molar-refractivity contribution >= 4 is 11.8 Å². The summed E-state index contributed by atoms with van der Waals surface area (Å²) in [6.07, 6.45) is 3.17. The van der Waals surface area contributed by atoms with E-state index in [9.17, 15) is 13.6 Å². The van der Waals surface area contributed by atoms with Crippen LogP contribution in [0.5, 0.6) is 5.88 Å². The van der Waals surface area contributed by atoms with Crippen molar-refractivity contribution in [2.24, 2.45) is 5.92 Å². The molecular weight excluding hydrogens is 272 g/mol. The van der Waals surface area contributed by atoms with Gasteiger partial charge in [-0.25, -0.2) is 23.5 Å². The SMILES string of the molecule is O=C(O)c1cnc(N2CC(F)(F)C2)c(OCC2CC2)n1. The molecule has 0 radical (unpaired) electrons. The van der Waals surface area contributed by atoms with Crippen LogP contribution in [0.1, 0.15) is 23.3 Å². The van der Waals surface area contributed by atoms with Crippen LogP contribution in [0.2, 0.25) is 0 Å². The Labute approximate surface area is 113 Å². The fourth-order valence-corrected chi connectivity index (χ4v) is 1.93. The van der Waals surface area contributed by atoms with Crippen LogP contribution < -0.4 is 9.64 Å². The molecule has 0 unspecified atom stereocenters. The molecule has 6 nitrogen and oxygen atoms in total. The van der Waals surface area contributed by atoms with Crippen molar-refractivity contribution in [2.45, 2.75) is 18.8 Å². The summed E-state index contributed by atoms with van der Waals surface area (Å²) in [6.45, 7) is -0.489. The summed E-state index contributed by atoms with van der Waals surface area (Å²) < 4.78 is 31.3. The molecule has 1 aliphatic heterocycles. The summed E-state index contributed by atoms with van der Waals surface area (Å²) >= 11 is 0. The zero-order chi connectivity index (χ0) is 14.3. The van der Waals surface area contributed by atoms with Crippen molar-refractivity contribution in [3.05, 3.63) is 11.9 Å². The van der Waals surface area contributed by atoms with E-state index in [1.807, 2.05) is 0 Å². The lowest BCUT2D eigenvalue weighted by Gasteiger charge is -2.39. The van der Waals surface area contributed by atoms with Crippen molar-refractivity contribution in [1.82, 2.24) is 9.97 Å². The molecule has 2 aliphatic rings. The van der Waals surface area contributed by atoms with E-state index in [0.717, 1.165) is 19.0 Å². The molecule has 1 aromatic rings. The molecule has 0 bridgehead atoms. The molecule has 1 aromatic heterocycles. The van der Waals surface area contributed by atoms with Crippen molar-refractivity contribution in [1.29, 1.82) is 0 Å². The number of ether oxygens (including phenoxy) is 1. The second-order valence-electron chi connectivity index (χ2n) is 5.16. The van der Waals surface area contributed by atoms with Crippen LogP contribution in [0, 0.1) is 5.92 Å². The maximum Gasteiger partial charge on any atom is 0.356 e. The lowest BCUT2D eigenvalue weighted by Crippen LogP contribution is -2.56. The number of halogens is 2. The van der Waals surface area contributed by atoms with E-state index in [4.69, 9.17) is 9.84 Å². The molecule has 2 heterocycles. The fourth-order valence-electron chi connectivity index (χ4n) is 1.93. The lowest BCUT2D eigenvalue weighted by atomic mass is 10.1. The van der Waals surface area contributed by atoms with Gasteiger partial charge in [-0.2, -0.15) is 0 Å². The topological polar surface area (TPSA) is 75.5 Å². The number of alkyl halides is 2. The predicted octanol–water partition coefficient (Wildman–Crippen LogP) is 1.42. The molecule has 2 fully saturated rings. The molecule has 1 N–H and O–H groups in total. The first kappa shape index (κ1) is 13.0. The van der Waals surface area contributed by atoms with Crippen molar-refractivity contribution in [3.63, 3.8) is 0 Å². The first-order chi connectivity index (χ1) is 9.44. The molecule has 20 heavy (non-hydrogen) atoms. The Balaban J connectivity index is 1.81. The Morgan fingerprint density at radius 2 is 2.20 bits per heavy atom. The Bertz CT molecular complexity index is 541. The van der Waals surface area contributed by atoms with Gasteiger partial charge in [-0.05, 0) is 18.8 Å². The number of carbonyl (C=O) groups is 1.